The third-order valence-corrected chi connectivity index (χ3v) is 4.76. The molecular weight excluding hydrogens is 304 g/mol. The molecule has 1 atom stereocenters. The normalized spacial score (nSPS) is 18.6. The molecule has 1 aromatic heterocycles. The van der Waals surface area contributed by atoms with Gasteiger partial charge < -0.3 is 9.84 Å². The van der Waals surface area contributed by atoms with Gasteiger partial charge in [-0.1, -0.05) is 29.5 Å². The molecule has 0 saturated carbocycles. The second-order valence-corrected chi connectivity index (χ2v) is 6.57. The van der Waals surface area contributed by atoms with E-state index in [1.807, 2.05) is 30.3 Å². The number of aromatic hydroxyl groups is 1. The molecule has 1 fully saturated rings. The van der Waals surface area contributed by atoms with Gasteiger partial charge in [-0.25, -0.2) is 0 Å². The molecule has 3 rings (SSSR count). The minimum atomic E-state index is 0.149. The third-order valence-electron chi connectivity index (χ3n) is 3.39. The first-order valence-electron chi connectivity index (χ1n) is 6.87. The lowest BCUT2D eigenvalue weighted by molar-refractivity contribution is 0.0948. The number of benzene rings is 1. The fraction of sp³-hybridized carbons (Fsp3) is 0.333. The Bertz CT molecular complexity index is 685. The quantitative estimate of drug-likeness (QED) is 0.686. The summed E-state index contributed by atoms with van der Waals surface area (Å²) < 4.78 is 7.99. The molecule has 6 heteroatoms. The van der Waals surface area contributed by atoms with E-state index in [1.165, 1.54) is 11.3 Å². The van der Waals surface area contributed by atoms with Gasteiger partial charge in [0.1, 0.15) is 4.88 Å². The van der Waals surface area contributed by atoms with Crippen molar-refractivity contribution in [1.29, 1.82) is 0 Å². The Kier molecular flexibility index (Phi) is 4.48. The van der Waals surface area contributed by atoms with Crippen molar-refractivity contribution in [2.24, 2.45) is 4.99 Å². The second-order valence-electron chi connectivity index (χ2n) is 4.90. The van der Waals surface area contributed by atoms with Crippen LogP contribution in [0.15, 0.2) is 35.3 Å². The first-order valence-corrected chi connectivity index (χ1v) is 8.10. The molecule has 110 valence electrons. The van der Waals surface area contributed by atoms with Gasteiger partial charge in [0.05, 0.1) is 24.6 Å². The van der Waals surface area contributed by atoms with Crippen molar-refractivity contribution in [2.75, 3.05) is 6.61 Å². The van der Waals surface area contributed by atoms with Crippen molar-refractivity contribution in [1.82, 2.24) is 4.57 Å². The topological polar surface area (TPSA) is 46.8 Å². The van der Waals surface area contributed by atoms with Crippen LogP contribution in [0.4, 0.5) is 5.69 Å². The van der Waals surface area contributed by atoms with Gasteiger partial charge in [-0.2, -0.15) is 0 Å². The van der Waals surface area contributed by atoms with E-state index in [1.54, 1.807) is 10.8 Å². The summed E-state index contributed by atoms with van der Waals surface area (Å²) in [6, 6.07) is 9.62. The van der Waals surface area contributed by atoms with Crippen LogP contribution < -0.4 is 0 Å². The highest BCUT2D eigenvalue weighted by Crippen LogP contribution is 2.27. The van der Waals surface area contributed by atoms with Crippen molar-refractivity contribution in [3.8, 4) is 5.88 Å². The van der Waals surface area contributed by atoms with Gasteiger partial charge in [-0.15, -0.1) is 0 Å². The minimum absolute atomic E-state index is 0.149. The van der Waals surface area contributed by atoms with Crippen LogP contribution in [0.5, 0.6) is 5.88 Å². The first-order chi connectivity index (χ1) is 10.2. The number of nitrogens with zero attached hydrogens (tertiary/aromatic N) is 2. The summed E-state index contributed by atoms with van der Waals surface area (Å²) in [5.41, 5.74) is 0.849. The summed E-state index contributed by atoms with van der Waals surface area (Å²) in [5.74, 6) is 0.181. The number of rotatable bonds is 4. The van der Waals surface area contributed by atoms with Crippen molar-refractivity contribution < 1.29 is 9.84 Å². The van der Waals surface area contributed by atoms with Gasteiger partial charge >= 0.3 is 0 Å². The smallest absolute Gasteiger partial charge is 0.212 e. The number of hydrogen-bond acceptors (Lipinski definition) is 5. The van der Waals surface area contributed by atoms with Crippen molar-refractivity contribution in [2.45, 2.75) is 25.5 Å². The Balaban J connectivity index is 1.80. The summed E-state index contributed by atoms with van der Waals surface area (Å²) >= 11 is 6.70. The van der Waals surface area contributed by atoms with Crippen LogP contribution in [0.1, 0.15) is 17.7 Å². The minimum Gasteiger partial charge on any atom is -0.493 e. The fourth-order valence-electron chi connectivity index (χ4n) is 2.30. The molecule has 0 aliphatic carbocycles. The summed E-state index contributed by atoms with van der Waals surface area (Å²) in [5, 5.41) is 10.3. The Hall–Kier alpha value is -1.50. The molecule has 1 saturated heterocycles. The summed E-state index contributed by atoms with van der Waals surface area (Å²) in [6.45, 7) is 1.41. The lowest BCUT2D eigenvalue weighted by atomic mass is 10.2. The van der Waals surface area contributed by atoms with Gasteiger partial charge in [0.15, 0.2) is 3.95 Å². The summed E-state index contributed by atoms with van der Waals surface area (Å²) in [7, 11) is 0. The van der Waals surface area contributed by atoms with E-state index in [-0.39, 0.29) is 12.0 Å². The zero-order valence-electron chi connectivity index (χ0n) is 11.4. The summed E-state index contributed by atoms with van der Waals surface area (Å²) in [6.07, 6.45) is 3.91. The van der Waals surface area contributed by atoms with Gasteiger partial charge in [0, 0.05) is 6.61 Å². The van der Waals surface area contributed by atoms with Crippen molar-refractivity contribution in [3.05, 3.63) is 39.2 Å². The van der Waals surface area contributed by atoms with E-state index in [4.69, 9.17) is 17.0 Å². The highest BCUT2D eigenvalue weighted by atomic mass is 32.1. The maximum atomic E-state index is 10.3. The lowest BCUT2D eigenvalue weighted by Crippen LogP contribution is -2.14. The number of hydrogen-bond donors (Lipinski definition) is 1. The molecule has 0 amide bonds. The van der Waals surface area contributed by atoms with E-state index in [0.717, 1.165) is 25.1 Å². The van der Waals surface area contributed by atoms with Crippen LogP contribution in [0.3, 0.4) is 0 Å². The summed E-state index contributed by atoms with van der Waals surface area (Å²) in [4.78, 5) is 5.04. The maximum Gasteiger partial charge on any atom is 0.212 e. The second kappa shape index (κ2) is 6.51. The molecule has 1 aromatic carbocycles. The number of aromatic nitrogens is 1. The maximum absolute atomic E-state index is 10.3. The highest BCUT2D eigenvalue weighted by molar-refractivity contribution is 7.73. The van der Waals surface area contributed by atoms with E-state index in [9.17, 15) is 5.11 Å². The Morgan fingerprint density at radius 1 is 1.43 bits per heavy atom. The molecule has 0 unspecified atom stereocenters. The highest BCUT2D eigenvalue weighted by Gasteiger charge is 2.19. The van der Waals surface area contributed by atoms with Crippen LogP contribution in [0.2, 0.25) is 0 Å². The SMILES string of the molecule is Oc1c(C=Nc2ccccc2)sc(=S)n1C[C@H]1CCCO1. The van der Waals surface area contributed by atoms with Gasteiger partial charge in [-0.3, -0.25) is 9.56 Å². The predicted octanol–water partition coefficient (Wildman–Crippen LogP) is 3.91. The number of para-hydroxylation sites is 1. The fourth-order valence-corrected chi connectivity index (χ4v) is 3.50. The first kappa shape index (κ1) is 14.4. The van der Waals surface area contributed by atoms with Gasteiger partial charge in [0.2, 0.25) is 5.88 Å². The Morgan fingerprint density at radius 2 is 2.24 bits per heavy atom. The number of thiazole rings is 1. The van der Waals surface area contributed by atoms with Gasteiger partial charge in [-0.05, 0) is 37.2 Å². The standard InChI is InChI=1S/C15H16N2O2S2/c18-14-13(9-16-11-5-2-1-3-6-11)21-15(20)17(14)10-12-7-4-8-19-12/h1-3,5-6,9,12,18H,4,7-8,10H2/t12-/m1/s1. The molecular formula is C15H16N2O2S2. The lowest BCUT2D eigenvalue weighted by Gasteiger charge is -2.10. The molecule has 1 aliphatic heterocycles. The van der Waals surface area contributed by atoms with E-state index >= 15 is 0 Å². The molecule has 4 nitrogen and oxygen atoms in total. The molecule has 0 spiro atoms. The number of aliphatic imine (C=N–C) groups is 1. The molecule has 0 bridgehead atoms. The molecule has 0 radical (unpaired) electrons. The average Bonchev–Trinajstić information content (AvgIpc) is 3.10. The molecule has 2 heterocycles. The Morgan fingerprint density at radius 3 is 2.95 bits per heavy atom. The van der Waals surface area contributed by atoms with Crippen molar-refractivity contribution >= 4 is 35.5 Å². The Labute approximate surface area is 132 Å². The van der Waals surface area contributed by atoms with E-state index in [0.29, 0.717) is 15.4 Å². The largest absolute Gasteiger partial charge is 0.493 e. The third kappa shape index (κ3) is 3.40. The molecule has 21 heavy (non-hydrogen) atoms. The monoisotopic (exact) mass is 320 g/mol. The molecule has 2 aromatic rings. The zero-order chi connectivity index (χ0) is 14.7. The van der Waals surface area contributed by atoms with E-state index < -0.39 is 0 Å². The van der Waals surface area contributed by atoms with Crippen LogP contribution in [0, 0.1) is 3.95 Å². The molecule has 1 N–H and O–H groups in total. The molecule has 1 aliphatic rings. The van der Waals surface area contributed by atoms with Gasteiger partial charge in [0.25, 0.3) is 0 Å². The zero-order valence-corrected chi connectivity index (χ0v) is 13.1. The average molecular weight is 320 g/mol. The van der Waals surface area contributed by atoms with Crippen LogP contribution in [0.25, 0.3) is 0 Å². The number of ether oxygens (including phenoxy) is 1. The van der Waals surface area contributed by atoms with E-state index in [2.05, 4.69) is 4.99 Å². The van der Waals surface area contributed by atoms with Crippen LogP contribution >= 0.6 is 23.6 Å². The van der Waals surface area contributed by atoms with Crippen molar-refractivity contribution in [3.63, 3.8) is 0 Å². The van der Waals surface area contributed by atoms with Crippen LogP contribution in [-0.2, 0) is 11.3 Å². The van der Waals surface area contributed by atoms with Crippen LogP contribution in [-0.4, -0.2) is 28.6 Å². The predicted molar refractivity (Wildman–Crippen MR) is 87.5 cm³/mol.